The van der Waals surface area contributed by atoms with Gasteiger partial charge in [-0.1, -0.05) is 6.92 Å². The zero-order chi connectivity index (χ0) is 10.7. The van der Waals surface area contributed by atoms with Gasteiger partial charge < -0.3 is 14.7 Å². The first-order valence-electron chi connectivity index (χ1n) is 4.68. The molecule has 5 nitrogen and oxygen atoms in total. The summed E-state index contributed by atoms with van der Waals surface area (Å²) in [5.74, 6) is -0.790. The maximum Gasteiger partial charge on any atom is 0.328 e. The first kappa shape index (κ1) is 11.0. The van der Waals surface area contributed by atoms with Gasteiger partial charge in [0.05, 0.1) is 7.11 Å². The molecule has 0 radical (unpaired) electrons. The summed E-state index contributed by atoms with van der Waals surface area (Å²) in [4.78, 5) is 23.9. The molecule has 1 amide bonds. The summed E-state index contributed by atoms with van der Waals surface area (Å²) in [6, 6.07) is -0.492. The van der Waals surface area contributed by atoms with Crippen molar-refractivity contribution in [1.82, 2.24) is 4.90 Å². The van der Waals surface area contributed by atoms with Crippen molar-refractivity contribution in [3.8, 4) is 0 Å². The smallest absolute Gasteiger partial charge is 0.328 e. The van der Waals surface area contributed by atoms with E-state index in [0.717, 1.165) is 0 Å². The van der Waals surface area contributed by atoms with Crippen molar-refractivity contribution in [1.29, 1.82) is 0 Å². The molecule has 1 fully saturated rings. The van der Waals surface area contributed by atoms with E-state index in [2.05, 4.69) is 4.74 Å². The van der Waals surface area contributed by atoms with Gasteiger partial charge in [-0.25, -0.2) is 4.79 Å². The number of hydrogen-bond acceptors (Lipinski definition) is 4. The second kappa shape index (κ2) is 4.41. The fraction of sp³-hybridized carbons (Fsp3) is 0.778. The minimum Gasteiger partial charge on any atom is -0.467 e. The van der Waals surface area contributed by atoms with Crippen molar-refractivity contribution < 1.29 is 19.4 Å². The van der Waals surface area contributed by atoms with Crippen molar-refractivity contribution in [3.05, 3.63) is 0 Å². The van der Waals surface area contributed by atoms with Crippen LogP contribution in [0, 0.1) is 0 Å². The summed E-state index contributed by atoms with van der Waals surface area (Å²) in [6.07, 6.45) is -0.0135. The first-order chi connectivity index (χ1) is 6.61. The number of hydrogen-bond donors (Lipinski definition) is 1. The van der Waals surface area contributed by atoms with Gasteiger partial charge in [0.15, 0.2) is 0 Å². The maximum absolute atomic E-state index is 11.5. The van der Waals surface area contributed by atoms with Crippen molar-refractivity contribution >= 4 is 11.9 Å². The minimum absolute atomic E-state index is 0.364. The van der Waals surface area contributed by atoms with Crippen LogP contribution in [0.1, 0.15) is 19.8 Å². The van der Waals surface area contributed by atoms with E-state index in [1.165, 1.54) is 12.0 Å². The molecule has 0 spiro atoms. The average molecular weight is 201 g/mol. The van der Waals surface area contributed by atoms with Gasteiger partial charge in [-0.15, -0.1) is 0 Å². The van der Waals surface area contributed by atoms with Crippen LogP contribution >= 0.6 is 0 Å². The zero-order valence-corrected chi connectivity index (χ0v) is 8.40. The molecule has 1 N–H and O–H groups in total. The van der Waals surface area contributed by atoms with Crippen LogP contribution in [0.2, 0.25) is 0 Å². The van der Waals surface area contributed by atoms with Gasteiger partial charge in [0.1, 0.15) is 12.1 Å². The van der Waals surface area contributed by atoms with E-state index in [4.69, 9.17) is 0 Å². The van der Waals surface area contributed by atoms with E-state index in [-0.39, 0.29) is 5.91 Å². The average Bonchev–Trinajstić information content (AvgIpc) is 2.14. The Morgan fingerprint density at radius 2 is 2.29 bits per heavy atom. The third-order valence-electron chi connectivity index (χ3n) is 2.45. The molecule has 2 unspecified atom stereocenters. The molecule has 5 heteroatoms. The fourth-order valence-electron chi connectivity index (χ4n) is 1.40. The highest BCUT2D eigenvalue weighted by Gasteiger charge is 2.39. The predicted octanol–water partition coefficient (Wildman–Crippen LogP) is -0.469. The number of likely N-dealkylation sites (tertiary alicyclic amines) is 1. The largest absolute Gasteiger partial charge is 0.467 e. The molecule has 1 saturated heterocycles. The van der Waals surface area contributed by atoms with E-state index in [0.29, 0.717) is 19.4 Å². The lowest BCUT2D eigenvalue weighted by Crippen LogP contribution is -2.58. The molecule has 0 bridgehead atoms. The van der Waals surface area contributed by atoms with E-state index in [1.54, 1.807) is 6.92 Å². The highest BCUT2D eigenvalue weighted by atomic mass is 16.5. The van der Waals surface area contributed by atoms with Crippen LogP contribution in [0.25, 0.3) is 0 Å². The third kappa shape index (κ3) is 1.87. The summed E-state index contributed by atoms with van der Waals surface area (Å²) in [5.41, 5.74) is 0. The van der Waals surface area contributed by atoms with Crippen molar-refractivity contribution in [2.75, 3.05) is 13.7 Å². The summed E-state index contributed by atoms with van der Waals surface area (Å²) >= 11 is 0. The van der Waals surface area contributed by atoms with E-state index >= 15 is 0 Å². The molecule has 1 aliphatic rings. The van der Waals surface area contributed by atoms with Gasteiger partial charge in [0.2, 0.25) is 0 Å². The van der Waals surface area contributed by atoms with Crippen LogP contribution in [0.3, 0.4) is 0 Å². The third-order valence-corrected chi connectivity index (χ3v) is 2.45. The van der Waals surface area contributed by atoms with Crippen molar-refractivity contribution in [2.24, 2.45) is 0 Å². The Kier molecular flexibility index (Phi) is 3.46. The number of amides is 1. The van der Waals surface area contributed by atoms with Gasteiger partial charge >= 0.3 is 5.97 Å². The molecule has 1 aliphatic heterocycles. The fourth-order valence-corrected chi connectivity index (χ4v) is 1.40. The summed E-state index contributed by atoms with van der Waals surface area (Å²) in [7, 11) is 1.29. The number of carbonyl (C=O) groups excluding carboxylic acids is 2. The van der Waals surface area contributed by atoms with Gasteiger partial charge in [0.25, 0.3) is 5.91 Å². The summed E-state index contributed by atoms with van der Waals surface area (Å²) in [5, 5.41) is 9.29. The lowest BCUT2D eigenvalue weighted by atomic mass is 10.0. The SMILES string of the molecule is CCC(O)C(=O)N1CCC1C(=O)OC. The number of esters is 1. The molecule has 80 valence electrons. The van der Waals surface area contributed by atoms with Crippen LogP contribution in [-0.4, -0.2) is 47.7 Å². The number of methoxy groups -OCH3 is 1. The van der Waals surface area contributed by atoms with Crippen molar-refractivity contribution in [2.45, 2.75) is 31.9 Å². The summed E-state index contributed by atoms with van der Waals surface area (Å²) < 4.78 is 4.53. The number of carbonyl (C=O) groups is 2. The van der Waals surface area contributed by atoms with Crippen LogP contribution in [0.15, 0.2) is 0 Å². The molecule has 0 aromatic rings. The van der Waals surface area contributed by atoms with Gasteiger partial charge in [0, 0.05) is 6.54 Å². The monoisotopic (exact) mass is 201 g/mol. The summed E-state index contributed by atoms with van der Waals surface area (Å²) in [6.45, 7) is 2.24. The second-order valence-corrected chi connectivity index (χ2v) is 3.28. The standard InChI is InChI=1S/C9H15NO4/c1-3-7(11)8(12)10-5-4-6(10)9(13)14-2/h6-7,11H,3-5H2,1-2H3. The first-order valence-corrected chi connectivity index (χ1v) is 4.68. The quantitative estimate of drug-likeness (QED) is 0.627. The van der Waals surface area contributed by atoms with Crippen LogP contribution in [0.4, 0.5) is 0 Å². The molecule has 2 atom stereocenters. The Hall–Kier alpha value is -1.10. The molecule has 0 aliphatic carbocycles. The highest BCUT2D eigenvalue weighted by Crippen LogP contribution is 2.20. The second-order valence-electron chi connectivity index (χ2n) is 3.28. The molecule has 14 heavy (non-hydrogen) atoms. The molecule has 0 aromatic carbocycles. The Bertz CT molecular complexity index is 241. The lowest BCUT2D eigenvalue weighted by Gasteiger charge is -2.39. The molecular formula is C9H15NO4. The van der Waals surface area contributed by atoms with E-state index in [9.17, 15) is 14.7 Å². The molecule has 1 heterocycles. The predicted molar refractivity (Wildman–Crippen MR) is 48.4 cm³/mol. The Labute approximate surface area is 82.6 Å². The van der Waals surface area contributed by atoms with Gasteiger partial charge in [-0.05, 0) is 12.8 Å². The number of ether oxygens (including phenoxy) is 1. The number of rotatable bonds is 3. The topological polar surface area (TPSA) is 66.8 Å². The van der Waals surface area contributed by atoms with E-state index in [1.807, 2.05) is 0 Å². The van der Waals surface area contributed by atoms with Crippen LogP contribution in [-0.2, 0) is 14.3 Å². The van der Waals surface area contributed by atoms with Crippen LogP contribution < -0.4 is 0 Å². The molecule has 0 saturated carbocycles. The zero-order valence-electron chi connectivity index (χ0n) is 8.40. The van der Waals surface area contributed by atoms with Crippen molar-refractivity contribution in [3.63, 3.8) is 0 Å². The number of aliphatic hydroxyl groups is 1. The lowest BCUT2D eigenvalue weighted by molar-refractivity contribution is -0.163. The number of nitrogens with zero attached hydrogens (tertiary/aromatic N) is 1. The maximum atomic E-state index is 11.5. The highest BCUT2D eigenvalue weighted by molar-refractivity contribution is 5.88. The Balaban J connectivity index is 2.54. The normalized spacial score (nSPS) is 22.5. The number of aliphatic hydroxyl groups excluding tert-OH is 1. The molecule has 1 rings (SSSR count). The van der Waals surface area contributed by atoms with Crippen LogP contribution in [0.5, 0.6) is 0 Å². The molecule has 0 aromatic heterocycles. The molecular weight excluding hydrogens is 186 g/mol. The Morgan fingerprint density at radius 1 is 1.64 bits per heavy atom. The van der Waals surface area contributed by atoms with Gasteiger partial charge in [-0.3, -0.25) is 4.79 Å². The van der Waals surface area contributed by atoms with Gasteiger partial charge in [-0.2, -0.15) is 0 Å². The Morgan fingerprint density at radius 3 is 2.64 bits per heavy atom. The minimum atomic E-state index is -0.998. The van der Waals surface area contributed by atoms with E-state index < -0.39 is 18.1 Å².